The summed E-state index contributed by atoms with van der Waals surface area (Å²) in [4.78, 5) is 22.1. The highest BCUT2D eigenvalue weighted by atomic mass is 35.5. The van der Waals surface area contributed by atoms with Gasteiger partial charge in [-0.2, -0.15) is 5.10 Å². The average Bonchev–Trinajstić information content (AvgIpc) is 2.61. The van der Waals surface area contributed by atoms with Crippen LogP contribution in [-0.4, -0.2) is 23.1 Å². The minimum Gasteiger partial charge on any atom is -0.376 e. The standard InChI is InChI=1S/C17H17ClN4O3/c1-11-15(18)4-3-5-16(11)19-10-17(23)21-20-12(2)13-6-8-14(9-7-13)22(24)25/h3-9,19H,10H2,1-2H3,(H,21,23). The Bertz CT molecular complexity index is 819. The molecule has 0 radical (unpaired) electrons. The number of nitrogens with one attached hydrogen (secondary N) is 2. The molecule has 8 heteroatoms. The number of hydrazone groups is 1. The molecule has 1 amide bonds. The van der Waals surface area contributed by atoms with Crippen molar-refractivity contribution in [3.63, 3.8) is 0 Å². The number of carbonyl (C=O) groups is 1. The van der Waals surface area contributed by atoms with Gasteiger partial charge in [0.05, 0.1) is 17.2 Å². The number of halogens is 1. The number of nitro benzene ring substituents is 1. The molecule has 0 aromatic heterocycles. The topological polar surface area (TPSA) is 96.6 Å². The first-order valence-corrected chi connectivity index (χ1v) is 7.83. The average molecular weight is 361 g/mol. The Morgan fingerprint density at radius 3 is 2.56 bits per heavy atom. The van der Waals surface area contributed by atoms with Crippen molar-refractivity contribution >= 4 is 34.6 Å². The third-order valence-corrected chi connectivity index (χ3v) is 3.96. The molecule has 0 saturated heterocycles. The predicted molar refractivity (Wildman–Crippen MR) is 98.1 cm³/mol. The van der Waals surface area contributed by atoms with Crippen LogP contribution in [-0.2, 0) is 4.79 Å². The number of hydrogen-bond acceptors (Lipinski definition) is 5. The fourth-order valence-electron chi connectivity index (χ4n) is 2.05. The summed E-state index contributed by atoms with van der Waals surface area (Å²) in [5.41, 5.74) is 5.31. The molecule has 0 atom stereocenters. The van der Waals surface area contributed by atoms with Gasteiger partial charge in [0.15, 0.2) is 0 Å². The molecule has 2 rings (SSSR count). The third-order valence-electron chi connectivity index (χ3n) is 3.55. The van der Waals surface area contributed by atoms with Gasteiger partial charge in [0, 0.05) is 22.8 Å². The Balaban J connectivity index is 1.92. The molecule has 0 spiro atoms. The van der Waals surface area contributed by atoms with Gasteiger partial charge in [-0.15, -0.1) is 0 Å². The smallest absolute Gasteiger partial charge is 0.269 e. The molecule has 0 aliphatic heterocycles. The molecule has 0 aliphatic carbocycles. The zero-order chi connectivity index (χ0) is 18.4. The number of carbonyl (C=O) groups excluding carboxylic acids is 1. The molecule has 2 aromatic rings. The van der Waals surface area contributed by atoms with Crippen LogP contribution in [0.3, 0.4) is 0 Å². The molecule has 0 saturated carbocycles. The van der Waals surface area contributed by atoms with E-state index in [9.17, 15) is 14.9 Å². The summed E-state index contributed by atoms with van der Waals surface area (Å²) >= 11 is 6.03. The first-order chi connectivity index (χ1) is 11.9. The minimum absolute atomic E-state index is 0.00155. The summed E-state index contributed by atoms with van der Waals surface area (Å²) < 4.78 is 0. The normalized spacial score (nSPS) is 11.1. The number of non-ortho nitro benzene ring substituents is 1. The van der Waals surface area contributed by atoms with E-state index in [-0.39, 0.29) is 18.1 Å². The fraction of sp³-hybridized carbons (Fsp3) is 0.176. The second-order valence-corrected chi connectivity index (χ2v) is 5.71. The van der Waals surface area contributed by atoms with Gasteiger partial charge < -0.3 is 5.32 Å². The summed E-state index contributed by atoms with van der Waals surface area (Å²) in [5, 5.41) is 18.3. The Morgan fingerprint density at radius 2 is 1.92 bits per heavy atom. The van der Waals surface area contributed by atoms with E-state index in [1.165, 1.54) is 12.1 Å². The molecular weight excluding hydrogens is 344 g/mol. The number of nitro groups is 1. The maximum atomic E-state index is 11.9. The highest BCUT2D eigenvalue weighted by Crippen LogP contribution is 2.22. The lowest BCUT2D eigenvalue weighted by Crippen LogP contribution is -2.27. The van der Waals surface area contributed by atoms with Crippen molar-refractivity contribution in [1.82, 2.24) is 5.43 Å². The fourth-order valence-corrected chi connectivity index (χ4v) is 2.22. The van der Waals surface area contributed by atoms with Crippen LogP contribution in [0.4, 0.5) is 11.4 Å². The van der Waals surface area contributed by atoms with Crippen LogP contribution in [0.15, 0.2) is 47.6 Å². The number of hydrogen-bond donors (Lipinski definition) is 2. The van der Waals surface area contributed by atoms with Gasteiger partial charge in [0.1, 0.15) is 0 Å². The number of benzene rings is 2. The molecule has 0 unspecified atom stereocenters. The number of amides is 1. The second-order valence-electron chi connectivity index (χ2n) is 5.30. The molecule has 0 fully saturated rings. The minimum atomic E-state index is -0.471. The van der Waals surface area contributed by atoms with Crippen molar-refractivity contribution in [1.29, 1.82) is 0 Å². The van der Waals surface area contributed by atoms with Crippen LogP contribution < -0.4 is 10.7 Å². The van der Waals surface area contributed by atoms with E-state index in [4.69, 9.17) is 11.6 Å². The van der Waals surface area contributed by atoms with E-state index in [1.807, 2.05) is 13.0 Å². The van der Waals surface area contributed by atoms with E-state index in [0.717, 1.165) is 11.3 Å². The van der Waals surface area contributed by atoms with Gasteiger partial charge in [0.2, 0.25) is 0 Å². The van der Waals surface area contributed by atoms with Crippen LogP contribution in [0.5, 0.6) is 0 Å². The zero-order valence-corrected chi connectivity index (χ0v) is 14.5. The Hall–Kier alpha value is -2.93. The Kier molecular flexibility index (Phi) is 6.08. The van der Waals surface area contributed by atoms with E-state index in [0.29, 0.717) is 16.3 Å². The van der Waals surface area contributed by atoms with Crippen LogP contribution in [0.25, 0.3) is 0 Å². The second kappa shape index (κ2) is 8.25. The number of rotatable bonds is 6. The lowest BCUT2D eigenvalue weighted by molar-refractivity contribution is -0.384. The van der Waals surface area contributed by atoms with Crippen molar-refractivity contribution in [2.45, 2.75) is 13.8 Å². The number of anilines is 1. The zero-order valence-electron chi connectivity index (χ0n) is 13.7. The van der Waals surface area contributed by atoms with E-state index >= 15 is 0 Å². The van der Waals surface area contributed by atoms with E-state index in [2.05, 4.69) is 15.8 Å². The van der Waals surface area contributed by atoms with Crippen molar-refractivity contribution < 1.29 is 9.72 Å². The van der Waals surface area contributed by atoms with Crippen LogP contribution >= 0.6 is 11.6 Å². The number of nitrogens with zero attached hydrogens (tertiary/aromatic N) is 2. The summed E-state index contributed by atoms with van der Waals surface area (Å²) in [5.74, 6) is -0.319. The largest absolute Gasteiger partial charge is 0.376 e. The quantitative estimate of drug-likeness (QED) is 0.468. The van der Waals surface area contributed by atoms with Gasteiger partial charge in [-0.05, 0) is 49.2 Å². The van der Waals surface area contributed by atoms with Crippen LogP contribution in [0.1, 0.15) is 18.1 Å². The summed E-state index contributed by atoms with van der Waals surface area (Å²) in [6.45, 7) is 3.60. The highest BCUT2D eigenvalue weighted by molar-refractivity contribution is 6.31. The van der Waals surface area contributed by atoms with Crippen LogP contribution in [0.2, 0.25) is 5.02 Å². The van der Waals surface area contributed by atoms with Crippen molar-refractivity contribution in [2.75, 3.05) is 11.9 Å². The van der Waals surface area contributed by atoms with Crippen molar-refractivity contribution in [3.05, 3.63) is 68.7 Å². The molecule has 25 heavy (non-hydrogen) atoms. The lowest BCUT2D eigenvalue weighted by Gasteiger charge is -2.09. The molecule has 2 aromatic carbocycles. The molecule has 130 valence electrons. The molecule has 0 bridgehead atoms. The first-order valence-electron chi connectivity index (χ1n) is 7.45. The molecular formula is C17H17ClN4O3. The SMILES string of the molecule is CC(=NNC(=O)CNc1cccc(Cl)c1C)c1ccc([N+](=O)[O-])cc1. The molecule has 0 heterocycles. The van der Waals surface area contributed by atoms with Gasteiger partial charge in [-0.3, -0.25) is 14.9 Å². The van der Waals surface area contributed by atoms with Gasteiger partial charge in [0.25, 0.3) is 11.6 Å². The molecule has 7 nitrogen and oxygen atoms in total. The molecule has 2 N–H and O–H groups in total. The van der Waals surface area contributed by atoms with Gasteiger partial charge >= 0.3 is 0 Å². The Morgan fingerprint density at radius 1 is 1.24 bits per heavy atom. The Labute approximate surface area is 149 Å². The van der Waals surface area contributed by atoms with Crippen molar-refractivity contribution in [2.24, 2.45) is 5.10 Å². The van der Waals surface area contributed by atoms with E-state index in [1.54, 1.807) is 31.2 Å². The lowest BCUT2D eigenvalue weighted by atomic mass is 10.1. The maximum Gasteiger partial charge on any atom is 0.269 e. The first kappa shape index (κ1) is 18.4. The van der Waals surface area contributed by atoms with Gasteiger partial charge in [-0.25, -0.2) is 5.43 Å². The maximum absolute atomic E-state index is 11.9. The third kappa shape index (κ3) is 5.02. The van der Waals surface area contributed by atoms with E-state index < -0.39 is 4.92 Å². The summed E-state index contributed by atoms with van der Waals surface area (Å²) in [6.07, 6.45) is 0. The van der Waals surface area contributed by atoms with Crippen molar-refractivity contribution in [3.8, 4) is 0 Å². The summed E-state index contributed by atoms with van der Waals surface area (Å²) in [7, 11) is 0. The summed E-state index contributed by atoms with van der Waals surface area (Å²) in [6, 6.07) is 11.3. The van der Waals surface area contributed by atoms with Crippen LogP contribution in [0, 0.1) is 17.0 Å². The molecule has 0 aliphatic rings. The monoisotopic (exact) mass is 360 g/mol. The predicted octanol–water partition coefficient (Wildman–Crippen LogP) is 3.51. The van der Waals surface area contributed by atoms with Gasteiger partial charge in [-0.1, -0.05) is 17.7 Å². The highest BCUT2D eigenvalue weighted by Gasteiger charge is 2.07.